The predicted octanol–water partition coefficient (Wildman–Crippen LogP) is 0.348. The summed E-state index contributed by atoms with van der Waals surface area (Å²) in [6, 6.07) is 0.247. The Morgan fingerprint density at radius 2 is 2.33 bits per heavy atom. The van der Waals surface area contributed by atoms with Crippen LogP contribution in [-0.2, 0) is 0 Å². The van der Waals surface area contributed by atoms with Crippen LogP contribution in [0.3, 0.4) is 0 Å². The number of carbonyl (C=O) groups is 1. The third-order valence-electron chi connectivity index (χ3n) is 2.92. The Balaban J connectivity index is 2.08. The summed E-state index contributed by atoms with van der Waals surface area (Å²) in [6.07, 6.45) is 1.45. The van der Waals surface area contributed by atoms with Crippen LogP contribution in [0.25, 0.3) is 0 Å². The standard InChI is InChI=1S/C8H14N2O2/c11-8(12)10-3-1-2-6-4-9-5-7(6)10/h6-7,9H,1-5H2,(H,11,12)/t6-,7?/m0/s1. The summed E-state index contributed by atoms with van der Waals surface area (Å²) >= 11 is 0. The van der Waals surface area contributed by atoms with Crippen LogP contribution in [0.15, 0.2) is 0 Å². The Bertz CT molecular complexity index is 195. The van der Waals surface area contributed by atoms with E-state index >= 15 is 0 Å². The highest BCUT2D eigenvalue weighted by molar-refractivity contribution is 5.65. The normalized spacial score (nSPS) is 34.8. The van der Waals surface area contributed by atoms with Gasteiger partial charge in [0.25, 0.3) is 0 Å². The van der Waals surface area contributed by atoms with Gasteiger partial charge < -0.3 is 15.3 Å². The van der Waals surface area contributed by atoms with E-state index in [2.05, 4.69) is 5.32 Å². The number of likely N-dealkylation sites (tertiary alicyclic amines) is 1. The van der Waals surface area contributed by atoms with Gasteiger partial charge in [-0.3, -0.25) is 0 Å². The fourth-order valence-electron chi connectivity index (χ4n) is 2.31. The van der Waals surface area contributed by atoms with Gasteiger partial charge in [0.05, 0.1) is 6.04 Å². The minimum Gasteiger partial charge on any atom is -0.465 e. The summed E-state index contributed by atoms with van der Waals surface area (Å²) in [4.78, 5) is 12.4. The molecule has 2 N–H and O–H groups in total. The lowest BCUT2D eigenvalue weighted by molar-refractivity contribution is 0.0964. The second kappa shape index (κ2) is 2.94. The Hall–Kier alpha value is -0.770. The van der Waals surface area contributed by atoms with Crippen LogP contribution >= 0.6 is 0 Å². The fraction of sp³-hybridized carbons (Fsp3) is 0.875. The molecule has 0 spiro atoms. The minimum atomic E-state index is -0.756. The summed E-state index contributed by atoms with van der Waals surface area (Å²) < 4.78 is 0. The van der Waals surface area contributed by atoms with E-state index < -0.39 is 6.09 Å². The van der Waals surface area contributed by atoms with Crippen molar-refractivity contribution in [3.63, 3.8) is 0 Å². The van der Waals surface area contributed by atoms with Crippen molar-refractivity contribution in [2.45, 2.75) is 18.9 Å². The summed E-state index contributed by atoms with van der Waals surface area (Å²) in [6.45, 7) is 2.56. The first-order valence-electron chi connectivity index (χ1n) is 4.49. The Labute approximate surface area is 71.5 Å². The quantitative estimate of drug-likeness (QED) is 0.551. The molecule has 68 valence electrons. The van der Waals surface area contributed by atoms with E-state index in [0.29, 0.717) is 5.92 Å². The van der Waals surface area contributed by atoms with Crippen LogP contribution < -0.4 is 5.32 Å². The van der Waals surface area contributed by atoms with E-state index in [1.807, 2.05) is 0 Å². The summed E-state index contributed by atoms with van der Waals surface area (Å²) in [7, 11) is 0. The molecular formula is C8H14N2O2. The molecule has 2 heterocycles. The van der Waals surface area contributed by atoms with Crippen molar-refractivity contribution >= 4 is 6.09 Å². The zero-order chi connectivity index (χ0) is 8.55. The molecule has 2 aliphatic heterocycles. The second-order valence-corrected chi connectivity index (χ2v) is 3.60. The molecule has 1 amide bonds. The maximum absolute atomic E-state index is 10.8. The van der Waals surface area contributed by atoms with Gasteiger partial charge in [0.1, 0.15) is 0 Å². The second-order valence-electron chi connectivity index (χ2n) is 3.60. The summed E-state index contributed by atoms with van der Waals surface area (Å²) in [5.74, 6) is 0.565. The molecule has 0 radical (unpaired) electrons. The molecular weight excluding hydrogens is 156 g/mol. The van der Waals surface area contributed by atoms with Gasteiger partial charge in [-0.1, -0.05) is 0 Å². The molecule has 1 unspecified atom stereocenters. The van der Waals surface area contributed by atoms with Crippen molar-refractivity contribution in [3.8, 4) is 0 Å². The first-order chi connectivity index (χ1) is 5.79. The maximum Gasteiger partial charge on any atom is 0.407 e. The van der Waals surface area contributed by atoms with Crippen LogP contribution in [0, 0.1) is 5.92 Å². The van der Waals surface area contributed by atoms with E-state index in [4.69, 9.17) is 5.11 Å². The summed E-state index contributed by atoms with van der Waals surface area (Å²) in [5, 5.41) is 12.1. The van der Waals surface area contributed by atoms with Crippen molar-refractivity contribution < 1.29 is 9.90 Å². The largest absolute Gasteiger partial charge is 0.465 e. The third-order valence-corrected chi connectivity index (χ3v) is 2.92. The zero-order valence-corrected chi connectivity index (χ0v) is 6.99. The molecule has 4 nitrogen and oxygen atoms in total. The van der Waals surface area contributed by atoms with Gasteiger partial charge in [0.2, 0.25) is 0 Å². The topological polar surface area (TPSA) is 52.6 Å². The molecule has 0 aromatic carbocycles. The number of hydrogen-bond acceptors (Lipinski definition) is 2. The SMILES string of the molecule is O=C(O)N1CCC[C@H]2CNCC21. The van der Waals surface area contributed by atoms with Gasteiger partial charge in [-0.2, -0.15) is 0 Å². The smallest absolute Gasteiger partial charge is 0.407 e. The molecule has 0 aromatic rings. The Morgan fingerprint density at radius 1 is 1.50 bits per heavy atom. The lowest BCUT2D eigenvalue weighted by atomic mass is 9.92. The maximum atomic E-state index is 10.8. The van der Waals surface area contributed by atoms with Gasteiger partial charge in [0, 0.05) is 19.6 Å². The number of hydrogen-bond donors (Lipinski definition) is 2. The highest BCUT2D eigenvalue weighted by atomic mass is 16.4. The average Bonchev–Trinajstić information content (AvgIpc) is 2.49. The van der Waals surface area contributed by atoms with E-state index in [0.717, 1.165) is 26.1 Å². The Kier molecular flexibility index (Phi) is 1.92. The van der Waals surface area contributed by atoms with E-state index in [1.54, 1.807) is 4.90 Å². The molecule has 2 atom stereocenters. The number of rotatable bonds is 0. The number of nitrogens with zero attached hydrogens (tertiary/aromatic N) is 1. The highest BCUT2D eigenvalue weighted by Gasteiger charge is 2.37. The Morgan fingerprint density at radius 3 is 3.08 bits per heavy atom. The molecule has 0 aromatic heterocycles. The predicted molar refractivity (Wildman–Crippen MR) is 44.1 cm³/mol. The van der Waals surface area contributed by atoms with Gasteiger partial charge in [-0.25, -0.2) is 4.79 Å². The first-order valence-corrected chi connectivity index (χ1v) is 4.49. The zero-order valence-electron chi connectivity index (χ0n) is 6.99. The van der Waals surface area contributed by atoms with Gasteiger partial charge in [-0.15, -0.1) is 0 Å². The number of nitrogens with one attached hydrogen (secondary N) is 1. The highest BCUT2D eigenvalue weighted by Crippen LogP contribution is 2.25. The van der Waals surface area contributed by atoms with Crippen molar-refractivity contribution in [3.05, 3.63) is 0 Å². The first kappa shape index (κ1) is 7.86. The van der Waals surface area contributed by atoms with Crippen molar-refractivity contribution in [1.82, 2.24) is 10.2 Å². The van der Waals surface area contributed by atoms with Crippen molar-refractivity contribution in [1.29, 1.82) is 0 Å². The van der Waals surface area contributed by atoms with Gasteiger partial charge >= 0.3 is 6.09 Å². The van der Waals surface area contributed by atoms with Gasteiger partial charge in [0.15, 0.2) is 0 Å². The van der Waals surface area contributed by atoms with E-state index in [-0.39, 0.29) is 6.04 Å². The monoisotopic (exact) mass is 170 g/mol. The fourth-order valence-corrected chi connectivity index (χ4v) is 2.31. The lowest BCUT2D eigenvalue weighted by Crippen LogP contribution is -2.47. The molecule has 0 saturated carbocycles. The molecule has 4 heteroatoms. The number of piperidine rings is 1. The molecule has 0 aliphatic carbocycles. The van der Waals surface area contributed by atoms with Crippen molar-refractivity contribution in [2.75, 3.05) is 19.6 Å². The third kappa shape index (κ3) is 1.16. The molecule has 0 bridgehead atoms. The lowest BCUT2D eigenvalue weighted by Gasteiger charge is -2.34. The van der Waals surface area contributed by atoms with E-state index in [1.165, 1.54) is 6.42 Å². The van der Waals surface area contributed by atoms with Gasteiger partial charge in [-0.05, 0) is 18.8 Å². The molecule has 2 fully saturated rings. The minimum absolute atomic E-state index is 0.247. The van der Waals surface area contributed by atoms with Crippen LogP contribution in [0.5, 0.6) is 0 Å². The number of carboxylic acid groups (broad SMARTS) is 1. The molecule has 2 saturated heterocycles. The van der Waals surface area contributed by atoms with Crippen LogP contribution in [0.2, 0.25) is 0 Å². The van der Waals surface area contributed by atoms with Crippen LogP contribution in [0.1, 0.15) is 12.8 Å². The van der Waals surface area contributed by atoms with E-state index in [9.17, 15) is 4.79 Å². The number of amides is 1. The number of fused-ring (bicyclic) bond motifs is 1. The van der Waals surface area contributed by atoms with Crippen LogP contribution in [-0.4, -0.2) is 41.8 Å². The van der Waals surface area contributed by atoms with Crippen LogP contribution in [0.4, 0.5) is 4.79 Å². The molecule has 12 heavy (non-hydrogen) atoms. The average molecular weight is 170 g/mol. The molecule has 2 aliphatic rings. The van der Waals surface area contributed by atoms with Crippen molar-refractivity contribution in [2.24, 2.45) is 5.92 Å². The summed E-state index contributed by atoms with van der Waals surface area (Å²) in [5.41, 5.74) is 0. The molecule has 2 rings (SSSR count).